The molecule has 5 heteroatoms. The molecule has 0 heterocycles. The molecule has 0 bridgehead atoms. The normalized spacial score (nSPS) is 11.6. The molecule has 0 spiro atoms. The van der Waals surface area contributed by atoms with Gasteiger partial charge in [0, 0.05) is 6.54 Å². The average molecular weight is 221 g/mol. The topological polar surface area (TPSA) is 81.4 Å². The van der Waals surface area contributed by atoms with E-state index in [2.05, 4.69) is 5.32 Å². The lowest BCUT2D eigenvalue weighted by atomic mass is 10.2. The summed E-state index contributed by atoms with van der Waals surface area (Å²) >= 11 is 0. The highest BCUT2D eigenvalue weighted by atomic mass is 16.5. The molecule has 1 atom stereocenters. The van der Waals surface area contributed by atoms with E-state index in [1.165, 1.54) is 0 Å². The maximum Gasteiger partial charge on any atom is 0.407 e. The second-order valence-corrected chi connectivity index (χ2v) is 3.17. The third-order valence-electron chi connectivity index (χ3n) is 1.83. The van der Waals surface area contributed by atoms with Crippen LogP contribution in [0.25, 0.3) is 0 Å². The largest absolute Gasteiger partial charge is 0.445 e. The molecule has 1 amide bonds. The van der Waals surface area contributed by atoms with Gasteiger partial charge in [0.25, 0.3) is 0 Å². The predicted molar refractivity (Wildman–Crippen MR) is 58.3 cm³/mol. The number of carbonyl (C=O) groups is 1. The fourth-order valence-electron chi connectivity index (χ4n) is 1.01. The summed E-state index contributed by atoms with van der Waals surface area (Å²) in [5.41, 5.74) is 6.13. The Bertz CT molecular complexity index is 340. The lowest BCUT2D eigenvalue weighted by Gasteiger charge is -2.07. The first-order chi connectivity index (χ1) is 7.72. The van der Waals surface area contributed by atoms with Crippen molar-refractivity contribution in [3.8, 4) is 0 Å². The monoisotopic (exact) mass is 221 g/mol. The Kier molecular flexibility index (Phi) is 5.01. The molecule has 5 nitrogen and oxygen atoms in total. The highest BCUT2D eigenvalue weighted by Gasteiger charge is 2.05. The van der Waals surface area contributed by atoms with Gasteiger partial charge in [-0.15, -0.1) is 0 Å². The Morgan fingerprint density at radius 1 is 1.44 bits per heavy atom. The fourth-order valence-corrected chi connectivity index (χ4v) is 1.01. The minimum absolute atomic E-state index is 0.0249. The van der Waals surface area contributed by atoms with Crippen molar-refractivity contribution in [2.75, 3.05) is 6.54 Å². The van der Waals surface area contributed by atoms with Crippen LogP contribution in [-0.4, -0.2) is 25.0 Å². The van der Waals surface area contributed by atoms with Gasteiger partial charge in [-0.2, -0.15) is 0 Å². The van der Waals surface area contributed by atoms with Gasteiger partial charge in [-0.05, 0) is 5.56 Å². The van der Waals surface area contributed by atoms with Crippen molar-refractivity contribution in [1.82, 2.24) is 5.32 Å². The van der Waals surface area contributed by atoms with Gasteiger partial charge in [-0.1, -0.05) is 30.3 Å². The summed E-state index contributed by atoms with van der Waals surface area (Å²) in [4.78, 5) is 21.2. The van der Waals surface area contributed by atoms with Crippen LogP contribution in [-0.2, 0) is 16.1 Å². The molecule has 3 N–H and O–H groups in total. The van der Waals surface area contributed by atoms with Crippen LogP contribution >= 0.6 is 0 Å². The molecule has 85 valence electrons. The molecule has 0 aliphatic heterocycles. The number of carbonyl (C=O) groups excluding carboxylic acids is 2. The van der Waals surface area contributed by atoms with Crippen molar-refractivity contribution < 1.29 is 14.3 Å². The van der Waals surface area contributed by atoms with Gasteiger partial charge in [0.2, 0.25) is 6.29 Å². The van der Waals surface area contributed by atoms with E-state index in [1.807, 2.05) is 30.3 Å². The molecule has 16 heavy (non-hydrogen) atoms. The zero-order valence-electron chi connectivity index (χ0n) is 8.68. The average Bonchev–Trinajstić information content (AvgIpc) is 2.34. The first-order valence-electron chi connectivity index (χ1n) is 4.80. The Morgan fingerprint density at radius 2 is 2.12 bits per heavy atom. The van der Waals surface area contributed by atoms with Crippen LogP contribution in [0.2, 0.25) is 0 Å². The molecule has 0 saturated heterocycles. The van der Waals surface area contributed by atoms with Crippen molar-refractivity contribution in [3.05, 3.63) is 35.9 Å². The third-order valence-corrected chi connectivity index (χ3v) is 1.83. The van der Waals surface area contributed by atoms with Crippen molar-refractivity contribution in [2.45, 2.75) is 12.6 Å². The molecule has 1 aromatic carbocycles. The summed E-state index contributed by atoms with van der Waals surface area (Å²) in [6.07, 6.45) is 0.949. The summed E-state index contributed by atoms with van der Waals surface area (Å²) in [5.74, 6) is 0. The molecule has 1 unspecified atom stereocenters. The number of hydrogen-bond donors (Lipinski definition) is 2. The second kappa shape index (κ2) is 6.58. The maximum atomic E-state index is 11.1. The van der Waals surface area contributed by atoms with Gasteiger partial charge in [0.05, 0.1) is 6.04 Å². The van der Waals surface area contributed by atoms with E-state index in [0.717, 1.165) is 5.56 Å². The van der Waals surface area contributed by atoms with E-state index in [0.29, 0.717) is 0 Å². The van der Waals surface area contributed by atoms with Gasteiger partial charge < -0.3 is 15.8 Å². The van der Waals surface area contributed by atoms with Crippen molar-refractivity contribution in [1.29, 1.82) is 0 Å². The molecule has 0 aromatic heterocycles. The Balaban J connectivity index is 2.23. The van der Waals surface area contributed by atoms with Crippen LogP contribution in [0.5, 0.6) is 0 Å². The summed E-state index contributed by atoms with van der Waals surface area (Å²) in [5, 5.41) is 2.35. The first-order valence-corrected chi connectivity index (χ1v) is 4.80. The zero-order chi connectivity index (χ0) is 11.8. The lowest BCUT2D eigenvalue weighted by molar-refractivity contribution is 0.139. The maximum absolute atomic E-state index is 11.1. The number of benzene rings is 1. The molecular formula is C11H13N2O3. The SMILES string of the molecule is NC([C]=O)CNC(=O)OCc1ccccc1. The van der Waals surface area contributed by atoms with E-state index in [-0.39, 0.29) is 13.2 Å². The van der Waals surface area contributed by atoms with Crippen LogP contribution in [0.1, 0.15) is 5.56 Å². The Morgan fingerprint density at radius 3 is 2.75 bits per heavy atom. The van der Waals surface area contributed by atoms with Crippen molar-refractivity contribution in [2.24, 2.45) is 5.73 Å². The summed E-state index contributed by atoms with van der Waals surface area (Å²) < 4.78 is 4.89. The van der Waals surface area contributed by atoms with Gasteiger partial charge >= 0.3 is 6.09 Å². The molecule has 1 aromatic rings. The number of hydrogen-bond acceptors (Lipinski definition) is 4. The minimum atomic E-state index is -0.815. The number of alkyl carbamates (subject to hydrolysis) is 1. The zero-order valence-corrected chi connectivity index (χ0v) is 8.68. The quantitative estimate of drug-likeness (QED) is 0.751. The van der Waals surface area contributed by atoms with E-state index in [4.69, 9.17) is 10.5 Å². The summed E-state index contributed by atoms with van der Waals surface area (Å²) in [6.45, 7) is 0.212. The number of rotatable bonds is 5. The Labute approximate surface area is 93.6 Å². The molecular weight excluding hydrogens is 208 g/mol. The van der Waals surface area contributed by atoms with Gasteiger partial charge in [-0.25, -0.2) is 4.79 Å². The number of ether oxygens (including phenoxy) is 1. The second-order valence-electron chi connectivity index (χ2n) is 3.17. The summed E-state index contributed by atoms with van der Waals surface area (Å²) in [7, 11) is 0. The molecule has 1 rings (SSSR count). The van der Waals surface area contributed by atoms with Crippen molar-refractivity contribution in [3.63, 3.8) is 0 Å². The number of amides is 1. The van der Waals surface area contributed by atoms with Crippen LogP contribution in [0.4, 0.5) is 4.79 Å². The van der Waals surface area contributed by atoms with Crippen LogP contribution in [0, 0.1) is 0 Å². The predicted octanol–water partition coefficient (Wildman–Crippen LogP) is 0.350. The summed E-state index contributed by atoms with van der Waals surface area (Å²) in [6, 6.07) is 8.46. The van der Waals surface area contributed by atoms with E-state index < -0.39 is 12.1 Å². The fraction of sp³-hybridized carbons (Fsp3) is 0.273. The van der Waals surface area contributed by atoms with Gasteiger partial charge in [0.1, 0.15) is 6.61 Å². The van der Waals surface area contributed by atoms with E-state index >= 15 is 0 Å². The number of nitrogens with one attached hydrogen (secondary N) is 1. The van der Waals surface area contributed by atoms with Crippen molar-refractivity contribution >= 4 is 12.4 Å². The molecule has 0 aliphatic carbocycles. The molecule has 0 fully saturated rings. The van der Waals surface area contributed by atoms with E-state index in [1.54, 1.807) is 6.29 Å². The molecule has 0 aliphatic rings. The van der Waals surface area contributed by atoms with Crippen LogP contribution < -0.4 is 11.1 Å². The first kappa shape index (κ1) is 12.2. The van der Waals surface area contributed by atoms with Crippen LogP contribution in [0.3, 0.4) is 0 Å². The van der Waals surface area contributed by atoms with E-state index in [9.17, 15) is 9.59 Å². The molecule has 0 saturated carbocycles. The third kappa shape index (κ3) is 4.56. The standard InChI is InChI=1S/C11H13N2O3/c12-10(7-14)6-13-11(15)16-8-9-4-2-1-3-5-9/h1-5,10H,6,8,12H2,(H,13,15). The van der Waals surface area contributed by atoms with Gasteiger partial charge in [-0.3, -0.25) is 4.79 Å². The van der Waals surface area contributed by atoms with Crippen LogP contribution in [0.15, 0.2) is 30.3 Å². The highest BCUT2D eigenvalue weighted by Crippen LogP contribution is 2.00. The minimum Gasteiger partial charge on any atom is -0.445 e. The molecule has 1 radical (unpaired) electrons. The number of nitrogens with two attached hydrogens (primary N) is 1. The highest BCUT2D eigenvalue weighted by molar-refractivity contribution is 5.68. The smallest absolute Gasteiger partial charge is 0.407 e. The lowest BCUT2D eigenvalue weighted by Crippen LogP contribution is -2.38. The van der Waals surface area contributed by atoms with Gasteiger partial charge in [0.15, 0.2) is 0 Å². The Hall–Kier alpha value is -1.88.